The first kappa shape index (κ1) is 20.1. The summed E-state index contributed by atoms with van der Waals surface area (Å²) in [6.45, 7) is 4.73. The van der Waals surface area contributed by atoms with Crippen LogP contribution < -0.4 is 15.5 Å². The van der Waals surface area contributed by atoms with Gasteiger partial charge in [-0.05, 0) is 37.6 Å². The third-order valence-corrected chi connectivity index (χ3v) is 5.99. The fraction of sp³-hybridized carbons (Fsp3) is 0.435. The lowest BCUT2D eigenvalue weighted by Crippen LogP contribution is -2.46. The predicted molar refractivity (Wildman–Crippen MR) is 120 cm³/mol. The summed E-state index contributed by atoms with van der Waals surface area (Å²) in [7, 11) is 0. The Kier molecular flexibility index (Phi) is 5.65. The van der Waals surface area contributed by atoms with E-state index in [-0.39, 0.29) is 6.54 Å². The van der Waals surface area contributed by atoms with Crippen molar-refractivity contribution < 1.29 is 9.13 Å². The monoisotopic (exact) mass is 422 g/mol. The number of hydrogen-bond acceptors (Lipinski definition) is 7. The van der Waals surface area contributed by atoms with Gasteiger partial charge < -0.3 is 20.3 Å². The molecule has 1 atom stereocenters. The second kappa shape index (κ2) is 8.72. The molecule has 2 saturated heterocycles. The van der Waals surface area contributed by atoms with E-state index in [2.05, 4.69) is 49.8 Å². The average molecular weight is 423 g/mol. The standard InChI is InChI=1S/C23H27FN6O/c24-23(6-1-7-25-15-23)16-28-22-21-20(26-8-9-27-21)14-19(29-22)17-2-4-18(5-3-17)30-10-12-31-13-11-30/h2-5,8-9,14,25H,1,6-7,10-13,15-16H2,(H,28,29). The van der Waals surface area contributed by atoms with Crippen molar-refractivity contribution >= 4 is 22.5 Å². The first-order chi connectivity index (χ1) is 15.2. The van der Waals surface area contributed by atoms with E-state index in [0.29, 0.717) is 24.3 Å². The number of halogens is 1. The number of fused-ring (bicyclic) bond motifs is 1. The van der Waals surface area contributed by atoms with E-state index >= 15 is 4.39 Å². The summed E-state index contributed by atoms with van der Waals surface area (Å²) < 4.78 is 20.5. The number of benzene rings is 1. The number of nitrogens with one attached hydrogen (secondary N) is 2. The molecule has 4 heterocycles. The van der Waals surface area contributed by atoms with Gasteiger partial charge in [-0.2, -0.15) is 0 Å². The van der Waals surface area contributed by atoms with Gasteiger partial charge in [-0.3, -0.25) is 4.98 Å². The number of hydrogen-bond donors (Lipinski definition) is 2. The van der Waals surface area contributed by atoms with Crippen LogP contribution in [0.2, 0.25) is 0 Å². The molecule has 2 fully saturated rings. The van der Waals surface area contributed by atoms with Crippen molar-refractivity contribution in [1.82, 2.24) is 20.3 Å². The third-order valence-electron chi connectivity index (χ3n) is 5.99. The molecule has 2 aliphatic heterocycles. The topological polar surface area (TPSA) is 75.2 Å². The predicted octanol–water partition coefficient (Wildman–Crippen LogP) is 3.03. The number of nitrogens with zero attached hydrogens (tertiary/aromatic N) is 4. The summed E-state index contributed by atoms with van der Waals surface area (Å²) in [5.74, 6) is 0.570. The molecule has 2 aromatic heterocycles. The summed E-state index contributed by atoms with van der Waals surface area (Å²) in [6, 6.07) is 10.3. The van der Waals surface area contributed by atoms with Gasteiger partial charge in [-0.1, -0.05) is 12.1 Å². The Morgan fingerprint density at radius 1 is 1.13 bits per heavy atom. The molecular formula is C23H27FN6O. The number of ether oxygens (including phenoxy) is 1. The second-order valence-corrected chi connectivity index (χ2v) is 8.21. The van der Waals surface area contributed by atoms with E-state index in [1.165, 1.54) is 5.69 Å². The van der Waals surface area contributed by atoms with E-state index in [1.807, 2.05) is 6.07 Å². The Hall–Kier alpha value is -2.84. The molecule has 0 saturated carbocycles. The van der Waals surface area contributed by atoms with Crippen molar-refractivity contribution in [3.63, 3.8) is 0 Å². The number of pyridine rings is 1. The Balaban J connectivity index is 1.42. The third kappa shape index (κ3) is 4.45. The van der Waals surface area contributed by atoms with E-state index in [0.717, 1.165) is 56.0 Å². The van der Waals surface area contributed by atoms with Crippen molar-refractivity contribution in [2.24, 2.45) is 0 Å². The quantitative estimate of drug-likeness (QED) is 0.655. The summed E-state index contributed by atoms with van der Waals surface area (Å²) in [5, 5.41) is 6.36. The minimum atomic E-state index is -1.29. The van der Waals surface area contributed by atoms with Gasteiger partial charge >= 0.3 is 0 Å². The van der Waals surface area contributed by atoms with Crippen molar-refractivity contribution in [3.05, 3.63) is 42.7 Å². The van der Waals surface area contributed by atoms with Gasteiger partial charge in [0.25, 0.3) is 0 Å². The Morgan fingerprint density at radius 3 is 2.71 bits per heavy atom. The van der Waals surface area contributed by atoms with Crippen molar-refractivity contribution in [3.8, 4) is 11.3 Å². The highest BCUT2D eigenvalue weighted by Gasteiger charge is 2.31. The molecule has 8 heteroatoms. The molecule has 5 rings (SSSR count). The molecule has 0 bridgehead atoms. The highest BCUT2D eigenvalue weighted by molar-refractivity contribution is 5.88. The normalized spacial score (nSPS) is 21.9. The maximum atomic E-state index is 15.1. The summed E-state index contributed by atoms with van der Waals surface area (Å²) in [6.07, 6.45) is 4.68. The zero-order chi connectivity index (χ0) is 21.1. The molecule has 162 valence electrons. The van der Waals surface area contributed by atoms with Crippen LogP contribution in [0, 0.1) is 0 Å². The van der Waals surface area contributed by atoms with Crippen LogP contribution in [0.4, 0.5) is 15.9 Å². The maximum absolute atomic E-state index is 15.1. The van der Waals surface area contributed by atoms with Gasteiger partial charge in [0.15, 0.2) is 5.82 Å². The molecule has 2 N–H and O–H groups in total. The SMILES string of the molecule is FC1(CNc2nc(-c3ccc(N4CCOCC4)cc3)cc3nccnc23)CCCNC1. The van der Waals surface area contributed by atoms with Gasteiger partial charge in [-0.25, -0.2) is 14.4 Å². The highest BCUT2D eigenvalue weighted by atomic mass is 19.1. The number of aromatic nitrogens is 3. The summed E-state index contributed by atoms with van der Waals surface area (Å²) in [5.41, 5.74) is 3.06. The molecule has 7 nitrogen and oxygen atoms in total. The second-order valence-electron chi connectivity index (χ2n) is 8.21. The lowest BCUT2D eigenvalue weighted by molar-refractivity contribution is 0.122. The molecule has 0 spiro atoms. The van der Waals surface area contributed by atoms with E-state index < -0.39 is 5.67 Å². The van der Waals surface area contributed by atoms with Crippen LogP contribution in [-0.2, 0) is 4.74 Å². The maximum Gasteiger partial charge on any atom is 0.155 e. The van der Waals surface area contributed by atoms with Crippen LogP contribution in [0.1, 0.15) is 12.8 Å². The number of piperidine rings is 1. The summed E-state index contributed by atoms with van der Waals surface area (Å²) in [4.78, 5) is 16.0. The van der Waals surface area contributed by atoms with E-state index in [1.54, 1.807) is 12.4 Å². The smallest absolute Gasteiger partial charge is 0.155 e. The zero-order valence-electron chi connectivity index (χ0n) is 17.5. The van der Waals surface area contributed by atoms with Crippen molar-refractivity contribution in [2.75, 3.05) is 56.2 Å². The fourth-order valence-electron chi connectivity index (χ4n) is 4.23. The van der Waals surface area contributed by atoms with Gasteiger partial charge in [0.05, 0.1) is 31.0 Å². The lowest BCUT2D eigenvalue weighted by atomic mass is 9.96. The van der Waals surface area contributed by atoms with Gasteiger partial charge in [0.1, 0.15) is 11.2 Å². The number of alkyl halides is 1. The molecule has 0 aliphatic carbocycles. The first-order valence-electron chi connectivity index (χ1n) is 10.9. The van der Waals surface area contributed by atoms with Crippen LogP contribution in [0.3, 0.4) is 0 Å². The minimum Gasteiger partial charge on any atom is -0.378 e. The minimum absolute atomic E-state index is 0.193. The van der Waals surface area contributed by atoms with E-state index in [9.17, 15) is 0 Å². The number of anilines is 2. The van der Waals surface area contributed by atoms with Crippen LogP contribution >= 0.6 is 0 Å². The van der Waals surface area contributed by atoms with Crippen LogP contribution in [-0.4, -0.2) is 66.6 Å². The Labute approximate surface area is 181 Å². The van der Waals surface area contributed by atoms with Gasteiger partial charge in [-0.15, -0.1) is 0 Å². The van der Waals surface area contributed by atoms with Gasteiger partial charge in [0.2, 0.25) is 0 Å². The average Bonchev–Trinajstić information content (AvgIpc) is 2.83. The van der Waals surface area contributed by atoms with Crippen LogP contribution in [0.25, 0.3) is 22.3 Å². The number of rotatable bonds is 5. The van der Waals surface area contributed by atoms with Gasteiger partial charge in [0, 0.05) is 43.3 Å². The van der Waals surface area contributed by atoms with E-state index in [4.69, 9.17) is 9.72 Å². The molecule has 3 aromatic rings. The fourth-order valence-corrected chi connectivity index (χ4v) is 4.23. The van der Waals surface area contributed by atoms with Crippen LogP contribution in [0.15, 0.2) is 42.7 Å². The lowest BCUT2D eigenvalue weighted by Gasteiger charge is -2.30. The first-order valence-corrected chi connectivity index (χ1v) is 10.9. The van der Waals surface area contributed by atoms with Crippen molar-refractivity contribution in [1.29, 1.82) is 0 Å². The highest BCUT2D eigenvalue weighted by Crippen LogP contribution is 2.29. The molecule has 1 unspecified atom stereocenters. The van der Waals surface area contributed by atoms with Crippen molar-refractivity contribution in [2.45, 2.75) is 18.5 Å². The summed E-state index contributed by atoms with van der Waals surface area (Å²) >= 11 is 0. The molecule has 0 amide bonds. The molecular weight excluding hydrogens is 395 g/mol. The number of morpholine rings is 1. The zero-order valence-corrected chi connectivity index (χ0v) is 17.5. The van der Waals surface area contributed by atoms with Crippen LogP contribution in [0.5, 0.6) is 0 Å². The Morgan fingerprint density at radius 2 is 1.94 bits per heavy atom. The molecule has 2 aliphatic rings. The largest absolute Gasteiger partial charge is 0.378 e. The Bertz CT molecular complexity index is 1030. The molecule has 0 radical (unpaired) electrons. The molecule has 1 aromatic carbocycles. The molecule has 31 heavy (non-hydrogen) atoms.